The number of benzene rings is 2. The molecule has 13 heteroatoms. The molecule has 1 N–H and O–H groups in total. The predicted molar refractivity (Wildman–Crippen MR) is 163 cm³/mol. The second kappa shape index (κ2) is 11.9. The largest absolute Gasteiger partial charge is 0.436 e. The van der Waals surface area contributed by atoms with Crippen LogP contribution >= 0.6 is 11.6 Å². The van der Waals surface area contributed by atoms with E-state index in [-0.39, 0.29) is 28.8 Å². The molecule has 1 aliphatic rings. The first-order chi connectivity index (χ1) is 21.5. The number of aromatic nitrogens is 6. The fraction of sp³-hybridized carbons (Fsp3) is 0.250. The van der Waals surface area contributed by atoms with E-state index in [0.717, 1.165) is 27.7 Å². The van der Waals surface area contributed by atoms with E-state index in [1.165, 1.54) is 35.2 Å². The molecular weight excluding hydrogens is 607 g/mol. The summed E-state index contributed by atoms with van der Waals surface area (Å²) in [4.78, 5) is 36.0. The Balaban J connectivity index is 1.42. The number of pyridine rings is 1. The van der Waals surface area contributed by atoms with Gasteiger partial charge in [-0.1, -0.05) is 48.4 Å². The molecular formula is C32H27ClF3N7O2. The number of hydrogen-bond donors (Lipinski definition) is 1. The number of amides is 1. The van der Waals surface area contributed by atoms with E-state index in [1.54, 1.807) is 0 Å². The van der Waals surface area contributed by atoms with E-state index in [4.69, 9.17) is 16.6 Å². The molecule has 0 spiro atoms. The molecule has 2 atom stereocenters. The number of carbonyl (C=O) groups is 1. The zero-order chi connectivity index (χ0) is 31.9. The molecule has 9 nitrogen and oxygen atoms in total. The Morgan fingerprint density at radius 2 is 1.84 bits per heavy atom. The maximum absolute atomic E-state index is 13.7. The van der Waals surface area contributed by atoms with Crippen molar-refractivity contribution in [3.63, 3.8) is 0 Å². The summed E-state index contributed by atoms with van der Waals surface area (Å²) in [6.07, 6.45) is -0.670. The second-order valence-corrected chi connectivity index (χ2v) is 11.5. The van der Waals surface area contributed by atoms with Gasteiger partial charge in [0.15, 0.2) is 5.69 Å². The predicted octanol–water partition coefficient (Wildman–Crippen LogP) is 6.88. The lowest BCUT2D eigenvalue weighted by Crippen LogP contribution is -2.26. The second-order valence-electron chi connectivity index (χ2n) is 11.0. The average molecular weight is 634 g/mol. The van der Waals surface area contributed by atoms with Gasteiger partial charge in [-0.25, -0.2) is 9.67 Å². The van der Waals surface area contributed by atoms with Gasteiger partial charge in [0.25, 0.3) is 5.56 Å². The van der Waals surface area contributed by atoms with E-state index in [0.29, 0.717) is 41.2 Å². The number of alkyl halides is 3. The third-order valence-electron chi connectivity index (χ3n) is 7.84. The standard InChI is InChI=1S/C32H27ClF3N7O2/c1-18-5-3-8-26(20-6-4-7-21(13-20)30-24(39-31(18)45)11-9-19(2)38-30)42-17-37-25(15-29(42)44)23-14-22(33)10-12-27(23)43-16-28(40-41-43)32(34,35)36/h4,6-7,9-18,26H,3,5,8H2,1-2H3,(H,39,45)/t18-,26+/m1/s1. The number of rotatable bonds is 3. The first kappa shape index (κ1) is 30.2. The lowest BCUT2D eigenvalue weighted by atomic mass is 9.94. The summed E-state index contributed by atoms with van der Waals surface area (Å²) in [6, 6.07) is 16.8. The van der Waals surface area contributed by atoms with Gasteiger partial charge in [-0.05, 0) is 61.7 Å². The Hall–Kier alpha value is -4.84. The molecule has 2 bridgehead atoms. The van der Waals surface area contributed by atoms with Crippen molar-refractivity contribution >= 4 is 23.2 Å². The van der Waals surface area contributed by atoms with Crippen molar-refractivity contribution in [3.8, 4) is 28.2 Å². The molecule has 230 valence electrons. The van der Waals surface area contributed by atoms with Crippen molar-refractivity contribution in [1.82, 2.24) is 29.5 Å². The van der Waals surface area contributed by atoms with Crippen LogP contribution in [0.1, 0.15) is 49.2 Å². The number of anilines is 1. The van der Waals surface area contributed by atoms with Crippen molar-refractivity contribution in [2.45, 2.75) is 45.3 Å². The molecule has 0 saturated carbocycles. The molecule has 4 heterocycles. The SMILES string of the molecule is Cc1ccc2c(n1)-c1cccc(c1)[C@@H](n1cnc(-c3cc(Cl)ccc3-n3cc(C(F)(F)F)nn3)cc1=O)CCC[C@@H](C)C(=O)N2. The highest BCUT2D eigenvalue weighted by atomic mass is 35.5. The number of nitrogens with one attached hydrogen (secondary N) is 1. The summed E-state index contributed by atoms with van der Waals surface area (Å²) in [6.45, 7) is 3.75. The molecule has 0 fully saturated rings. The Morgan fingerprint density at radius 1 is 1.02 bits per heavy atom. The molecule has 45 heavy (non-hydrogen) atoms. The van der Waals surface area contributed by atoms with Gasteiger partial charge >= 0.3 is 6.18 Å². The Morgan fingerprint density at radius 3 is 2.60 bits per heavy atom. The molecule has 2 aromatic carbocycles. The van der Waals surface area contributed by atoms with Gasteiger partial charge in [-0.2, -0.15) is 13.2 Å². The lowest BCUT2D eigenvalue weighted by molar-refractivity contribution is -0.141. The van der Waals surface area contributed by atoms with E-state index in [9.17, 15) is 22.8 Å². The van der Waals surface area contributed by atoms with Crippen LogP contribution in [0.15, 0.2) is 78.0 Å². The van der Waals surface area contributed by atoms with Gasteiger partial charge in [0.05, 0.1) is 41.3 Å². The summed E-state index contributed by atoms with van der Waals surface area (Å²) in [5.74, 6) is -0.379. The maximum Gasteiger partial charge on any atom is 0.436 e. The average Bonchev–Trinajstić information content (AvgIpc) is 3.51. The van der Waals surface area contributed by atoms with Gasteiger partial charge in [0.1, 0.15) is 0 Å². The lowest BCUT2D eigenvalue weighted by Gasteiger charge is -2.23. The summed E-state index contributed by atoms with van der Waals surface area (Å²) >= 11 is 6.25. The minimum atomic E-state index is -4.67. The quantitative estimate of drug-likeness (QED) is 0.232. The number of aryl methyl sites for hydroxylation is 1. The third kappa shape index (κ3) is 6.23. The van der Waals surface area contributed by atoms with Crippen LogP contribution in [0.2, 0.25) is 5.02 Å². The van der Waals surface area contributed by atoms with E-state index in [1.807, 2.05) is 50.2 Å². The molecule has 0 saturated heterocycles. The Bertz CT molecular complexity index is 1970. The van der Waals surface area contributed by atoms with Gasteiger partial charge in [-0.3, -0.25) is 19.1 Å². The van der Waals surface area contributed by atoms with Gasteiger partial charge < -0.3 is 5.32 Å². The van der Waals surface area contributed by atoms with Crippen molar-refractivity contribution in [3.05, 3.63) is 106 Å². The highest BCUT2D eigenvalue weighted by Crippen LogP contribution is 2.34. The summed E-state index contributed by atoms with van der Waals surface area (Å²) in [5.41, 5.74) is 2.90. The van der Waals surface area contributed by atoms with E-state index < -0.39 is 17.9 Å². The number of nitrogens with zero attached hydrogens (tertiary/aromatic N) is 6. The number of fused-ring (bicyclic) bond motifs is 4. The molecule has 1 aliphatic heterocycles. The maximum atomic E-state index is 13.7. The number of halogens is 4. The van der Waals surface area contributed by atoms with Crippen LogP contribution in [0.3, 0.4) is 0 Å². The fourth-order valence-corrected chi connectivity index (χ4v) is 5.63. The van der Waals surface area contributed by atoms with Gasteiger partial charge in [-0.15, -0.1) is 5.10 Å². The number of hydrogen-bond acceptors (Lipinski definition) is 6. The molecule has 5 aromatic rings. The van der Waals surface area contributed by atoms with Gasteiger partial charge in [0, 0.05) is 33.8 Å². The van der Waals surface area contributed by atoms with E-state index in [2.05, 4.69) is 20.6 Å². The van der Waals surface area contributed by atoms with Crippen LogP contribution in [0.4, 0.5) is 18.9 Å². The monoisotopic (exact) mass is 633 g/mol. The van der Waals surface area contributed by atoms with Crippen LogP contribution in [0.25, 0.3) is 28.2 Å². The normalized spacial score (nSPS) is 17.2. The van der Waals surface area contributed by atoms with Crippen LogP contribution in [0.5, 0.6) is 0 Å². The van der Waals surface area contributed by atoms with Crippen LogP contribution in [0, 0.1) is 12.8 Å². The Labute approximate surface area is 260 Å². The zero-order valence-corrected chi connectivity index (χ0v) is 25.0. The smallest absolute Gasteiger partial charge is 0.324 e. The minimum absolute atomic E-state index is 0.106. The summed E-state index contributed by atoms with van der Waals surface area (Å²) in [5, 5.41) is 10.2. The third-order valence-corrected chi connectivity index (χ3v) is 8.07. The van der Waals surface area contributed by atoms with E-state index >= 15 is 0 Å². The first-order valence-electron chi connectivity index (χ1n) is 14.2. The van der Waals surface area contributed by atoms with Crippen LogP contribution in [-0.4, -0.2) is 35.4 Å². The molecule has 6 rings (SSSR count). The summed E-state index contributed by atoms with van der Waals surface area (Å²) in [7, 11) is 0. The van der Waals surface area contributed by atoms with Crippen molar-refractivity contribution < 1.29 is 18.0 Å². The van der Waals surface area contributed by atoms with Crippen molar-refractivity contribution in [2.75, 3.05) is 5.32 Å². The molecule has 0 unspecified atom stereocenters. The molecule has 3 aromatic heterocycles. The molecule has 0 aliphatic carbocycles. The zero-order valence-electron chi connectivity index (χ0n) is 24.2. The van der Waals surface area contributed by atoms with Crippen molar-refractivity contribution in [2.24, 2.45) is 5.92 Å². The van der Waals surface area contributed by atoms with Gasteiger partial charge in [0.2, 0.25) is 5.91 Å². The highest BCUT2D eigenvalue weighted by molar-refractivity contribution is 6.31. The first-order valence-corrected chi connectivity index (χ1v) is 14.6. The summed E-state index contributed by atoms with van der Waals surface area (Å²) < 4.78 is 42.2. The molecule has 1 amide bonds. The van der Waals surface area contributed by atoms with Crippen LogP contribution < -0.4 is 10.9 Å². The Kier molecular flexibility index (Phi) is 8.00. The fourth-order valence-electron chi connectivity index (χ4n) is 5.46. The molecule has 0 radical (unpaired) electrons. The minimum Gasteiger partial charge on any atom is -0.324 e. The topological polar surface area (TPSA) is 108 Å². The highest BCUT2D eigenvalue weighted by Gasteiger charge is 2.35. The van der Waals surface area contributed by atoms with Crippen molar-refractivity contribution in [1.29, 1.82) is 0 Å². The number of carbonyl (C=O) groups excluding carboxylic acids is 1. The van der Waals surface area contributed by atoms with Crippen LogP contribution in [-0.2, 0) is 11.0 Å².